The molecule has 0 saturated carbocycles. The molecule has 0 spiro atoms. The molecule has 2 rings (SSSR count). The second kappa shape index (κ2) is 5.62. The van der Waals surface area contributed by atoms with Crippen molar-refractivity contribution in [3.05, 3.63) is 54.2 Å². The molecule has 2 aromatic rings. The van der Waals surface area contributed by atoms with Gasteiger partial charge < -0.3 is 5.32 Å². The van der Waals surface area contributed by atoms with E-state index in [0.29, 0.717) is 0 Å². The summed E-state index contributed by atoms with van der Waals surface area (Å²) in [6.07, 6.45) is 0. The molecule has 0 aliphatic rings. The largest absolute Gasteiger partial charge is 0.309 e. The monoisotopic (exact) mass is 407 g/mol. The minimum atomic E-state index is 0.285. The fourth-order valence-corrected chi connectivity index (χ4v) is 3.32. The Hall–Kier alpha value is 0.0900. The molecule has 0 radical (unpaired) electrons. The van der Waals surface area contributed by atoms with Crippen molar-refractivity contribution in [3.63, 3.8) is 0 Å². The van der Waals surface area contributed by atoms with Crippen molar-refractivity contribution in [1.29, 1.82) is 0 Å². The van der Waals surface area contributed by atoms with Crippen LogP contribution in [0.3, 0.4) is 0 Å². The Labute approximate surface area is 122 Å². The molecule has 16 heavy (non-hydrogen) atoms. The van der Waals surface area contributed by atoms with Crippen molar-refractivity contribution in [2.45, 2.75) is 6.04 Å². The molecule has 1 N–H and O–H groups in total. The molecule has 1 aromatic heterocycles. The van der Waals surface area contributed by atoms with Gasteiger partial charge in [-0.3, -0.25) is 0 Å². The van der Waals surface area contributed by atoms with E-state index in [-0.39, 0.29) is 6.04 Å². The summed E-state index contributed by atoms with van der Waals surface area (Å²) < 4.78 is 2.44. The zero-order chi connectivity index (χ0) is 11.5. The van der Waals surface area contributed by atoms with E-state index >= 15 is 0 Å². The first-order valence-electron chi connectivity index (χ1n) is 4.87. The molecule has 1 nitrogen and oxygen atoms in total. The molecule has 0 amide bonds. The highest BCUT2D eigenvalue weighted by molar-refractivity contribution is 14.1. The third-order valence-electron chi connectivity index (χ3n) is 2.41. The first-order valence-corrected chi connectivity index (χ1v) is 7.62. The normalized spacial score (nSPS) is 12.7. The second-order valence-electron chi connectivity index (χ2n) is 3.46. The molecule has 1 unspecified atom stereocenters. The van der Waals surface area contributed by atoms with Crippen LogP contribution in [-0.2, 0) is 0 Å². The quantitative estimate of drug-likeness (QED) is 0.742. The van der Waals surface area contributed by atoms with Crippen LogP contribution in [0.15, 0.2) is 40.2 Å². The molecule has 0 saturated heterocycles. The van der Waals surface area contributed by atoms with Crippen molar-refractivity contribution in [1.82, 2.24) is 5.32 Å². The van der Waals surface area contributed by atoms with Crippen molar-refractivity contribution < 1.29 is 0 Å². The summed E-state index contributed by atoms with van der Waals surface area (Å²) in [5.74, 6) is 0. The standard InChI is InChI=1S/C12H11BrINS/c1-15-12(9-6-11(14)16-7-9)8-2-4-10(13)5-3-8/h2-7,12,15H,1H3. The maximum Gasteiger partial charge on any atom is 0.0656 e. The van der Waals surface area contributed by atoms with Gasteiger partial charge in [-0.2, -0.15) is 0 Å². The molecule has 0 aliphatic heterocycles. The van der Waals surface area contributed by atoms with Crippen molar-refractivity contribution in [2.24, 2.45) is 0 Å². The predicted octanol–water partition coefficient (Wildman–Crippen LogP) is 4.42. The summed E-state index contributed by atoms with van der Waals surface area (Å²) in [4.78, 5) is 0. The SMILES string of the molecule is CNC(c1ccc(Br)cc1)c1csc(I)c1. The lowest BCUT2D eigenvalue weighted by molar-refractivity contribution is 0.694. The minimum absolute atomic E-state index is 0.285. The van der Waals surface area contributed by atoms with Gasteiger partial charge in [-0.15, -0.1) is 11.3 Å². The Morgan fingerprint density at radius 1 is 1.25 bits per heavy atom. The van der Waals surface area contributed by atoms with Crippen LogP contribution in [-0.4, -0.2) is 7.05 Å². The van der Waals surface area contributed by atoms with Crippen molar-refractivity contribution in [2.75, 3.05) is 7.05 Å². The van der Waals surface area contributed by atoms with E-state index in [0.717, 1.165) is 4.47 Å². The van der Waals surface area contributed by atoms with Crippen molar-refractivity contribution >= 4 is 49.9 Å². The number of thiophene rings is 1. The van der Waals surface area contributed by atoms with Gasteiger partial charge in [0.05, 0.1) is 8.93 Å². The van der Waals surface area contributed by atoms with Gasteiger partial charge in [0.2, 0.25) is 0 Å². The molecule has 0 fully saturated rings. The van der Waals surface area contributed by atoms with E-state index in [1.54, 1.807) is 11.3 Å². The maximum atomic E-state index is 3.46. The lowest BCUT2D eigenvalue weighted by atomic mass is 10.0. The lowest BCUT2D eigenvalue weighted by Crippen LogP contribution is -2.16. The number of hydrogen-bond donors (Lipinski definition) is 1. The highest BCUT2D eigenvalue weighted by atomic mass is 127. The van der Waals surface area contributed by atoms with Crippen LogP contribution >= 0.6 is 49.9 Å². The van der Waals surface area contributed by atoms with E-state index in [2.05, 4.69) is 79.5 Å². The number of halogens is 2. The lowest BCUT2D eigenvalue weighted by Gasteiger charge is -2.15. The van der Waals surface area contributed by atoms with E-state index in [1.165, 1.54) is 14.0 Å². The Morgan fingerprint density at radius 3 is 2.44 bits per heavy atom. The maximum absolute atomic E-state index is 3.46. The summed E-state index contributed by atoms with van der Waals surface area (Å²) in [6.45, 7) is 0. The molecule has 1 heterocycles. The Kier molecular flexibility index (Phi) is 4.41. The van der Waals surface area contributed by atoms with Crippen LogP contribution < -0.4 is 5.32 Å². The average molecular weight is 408 g/mol. The molecule has 1 aromatic carbocycles. The molecular weight excluding hydrogens is 397 g/mol. The minimum Gasteiger partial charge on any atom is -0.309 e. The Morgan fingerprint density at radius 2 is 1.94 bits per heavy atom. The summed E-state index contributed by atoms with van der Waals surface area (Å²) in [7, 11) is 2.00. The average Bonchev–Trinajstić information content (AvgIpc) is 2.69. The zero-order valence-corrected chi connectivity index (χ0v) is 13.3. The molecule has 0 bridgehead atoms. The number of benzene rings is 1. The van der Waals surface area contributed by atoms with Gasteiger partial charge in [0, 0.05) is 4.47 Å². The predicted molar refractivity (Wildman–Crippen MR) is 82.1 cm³/mol. The van der Waals surface area contributed by atoms with Crippen LogP contribution in [0.5, 0.6) is 0 Å². The van der Waals surface area contributed by atoms with E-state index in [1.807, 2.05) is 7.05 Å². The van der Waals surface area contributed by atoms with Crippen LogP contribution in [0.4, 0.5) is 0 Å². The summed E-state index contributed by atoms with van der Waals surface area (Å²) in [5, 5.41) is 5.57. The van der Waals surface area contributed by atoms with Gasteiger partial charge in [-0.25, -0.2) is 0 Å². The highest BCUT2D eigenvalue weighted by Crippen LogP contribution is 2.27. The number of rotatable bonds is 3. The molecule has 0 aliphatic carbocycles. The van der Waals surface area contributed by atoms with Gasteiger partial charge in [0.25, 0.3) is 0 Å². The van der Waals surface area contributed by atoms with Gasteiger partial charge in [-0.1, -0.05) is 28.1 Å². The Bertz CT molecular complexity index is 466. The summed E-state index contributed by atoms with van der Waals surface area (Å²) in [5.41, 5.74) is 2.62. The van der Waals surface area contributed by atoms with E-state index in [4.69, 9.17) is 0 Å². The second-order valence-corrected chi connectivity index (χ2v) is 7.18. The topological polar surface area (TPSA) is 12.0 Å². The van der Waals surface area contributed by atoms with Crippen LogP contribution in [0.2, 0.25) is 0 Å². The number of nitrogens with one attached hydrogen (secondary N) is 1. The van der Waals surface area contributed by atoms with Crippen LogP contribution in [0.25, 0.3) is 0 Å². The highest BCUT2D eigenvalue weighted by Gasteiger charge is 2.12. The van der Waals surface area contributed by atoms with Gasteiger partial charge in [-0.05, 0) is 64.3 Å². The smallest absolute Gasteiger partial charge is 0.0656 e. The Balaban J connectivity index is 2.32. The third-order valence-corrected chi connectivity index (χ3v) is 4.75. The number of hydrogen-bond acceptors (Lipinski definition) is 2. The first-order chi connectivity index (χ1) is 7.70. The van der Waals surface area contributed by atoms with Crippen LogP contribution in [0.1, 0.15) is 17.2 Å². The first kappa shape index (κ1) is 12.5. The molecule has 1 atom stereocenters. The zero-order valence-electron chi connectivity index (χ0n) is 8.71. The van der Waals surface area contributed by atoms with Crippen LogP contribution in [0, 0.1) is 2.88 Å². The fraction of sp³-hybridized carbons (Fsp3) is 0.167. The van der Waals surface area contributed by atoms with E-state index in [9.17, 15) is 0 Å². The summed E-state index contributed by atoms with van der Waals surface area (Å²) in [6, 6.07) is 11.0. The third kappa shape index (κ3) is 2.85. The van der Waals surface area contributed by atoms with Gasteiger partial charge >= 0.3 is 0 Å². The van der Waals surface area contributed by atoms with Gasteiger partial charge in [0.15, 0.2) is 0 Å². The molecule has 84 valence electrons. The summed E-state index contributed by atoms with van der Waals surface area (Å²) >= 11 is 7.60. The van der Waals surface area contributed by atoms with Gasteiger partial charge in [0.1, 0.15) is 0 Å². The molecule has 4 heteroatoms. The van der Waals surface area contributed by atoms with E-state index < -0.39 is 0 Å². The molecular formula is C12H11BrINS. The van der Waals surface area contributed by atoms with Crippen molar-refractivity contribution in [3.8, 4) is 0 Å². The fourth-order valence-electron chi connectivity index (χ4n) is 1.66.